The molecule has 2 rings (SSSR count). The SMILES string of the molecule is CCc1ccc(Oc2cccc(F)c2CC(N)CC)cc1. The topological polar surface area (TPSA) is 35.2 Å². The van der Waals surface area contributed by atoms with Crippen molar-refractivity contribution < 1.29 is 9.13 Å². The van der Waals surface area contributed by atoms with Gasteiger partial charge in [0, 0.05) is 11.6 Å². The van der Waals surface area contributed by atoms with Gasteiger partial charge in [-0.15, -0.1) is 0 Å². The molecule has 2 aromatic carbocycles. The van der Waals surface area contributed by atoms with E-state index in [0.717, 1.165) is 12.8 Å². The molecule has 3 heteroatoms. The predicted molar refractivity (Wildman–Crippen MR) is 84.3 cm³/mol. The Morgan fingerprint density at radius 1 is 1.10 bits per heavy atom. The van der Waals surface area contributed by atoms with Crippen LogP contribution >= 0.6 is 0 Å². The van der Waals surface area contributed by atoms with E-state index in [2.05, 4.69) is 6.92 Å². The maximum atomic E-state index is 14.0. The van der Waals surface area contributed by atoms with Gasteiger partial charge >= 0.3 is 0 Å². The van der Waals surface area contributed by atoms with Gasteiger partial charge in [-0.25, -0.2) is 4.39 Å². The van der Waals surface area contributed by atoms with Crippen LogP contribution in [0.1, 0.15) is 31.4 Å². The van der Waals surface area contributed by atoms with Crippen LogP contribution in [-0.2, 0) is 12.8 Å². The van der Waals surface area contributed by atoms with Crippen molar-refractivity contribution >= 4 is 0 Å². The van der Waals surface area contributed by atoms with Crippen molar-refractivity contribution in [2.45, 2.75) is 39.2 Å². The summed E-state index contributed by atoms with van der Waals surface area (Å²) in [7, 11) is 0. The normalized spacial score (nSPS) is 12.2. The van der Waals surface area contributed by atoms with Gasteiger partial charge < -0.3 is 10.5 Å². The number of aryl methyl sites for hydroxylation is 1. The summed E-state index contributed by atoms with van der Waals surface area (Å²) >= 11 is 0. The molecule has 0 saturated heterocycles. The molecule has 0 saturated carbocycles. The van der Waals surface area contributed by atoms with Crippen LogP contribution in [0.25, 0.3) is 0 Å². The van der Waals surface area contributed by atoms with Crippen molar-refractivity contribution in [1.29, 1.82) is 0 Å². The molecule has 0 aliphatic heterocycles. The van der Waals surface area contributed by atoms with E-state index >= 15 is 0 Å². The number of halogens is 1. The van der Waals surface area contributed by atoms with Crippen LogP contribution in [0.15, 0.2) is 42.5 Å². The summed E-state index contributed by atoms with van der Waals surface area (Å²) in [4.78, 5) is 0. The first-order valence-electron chi connectivity index (χ1n) is 7.43. The maximum absolute atomic E-state index is 14.0. The second kappa shape index (κ2) is 7.23. The molecule has 1 atom stereocenters. The molecule has 0 aliphatic rings. The molecule has 0 heterocycles. The van der Waals surface area contributed by atoms with Crippen LogP contribution in [0.4, 0.5) is 4.39 Å². The molecule has 0 aliphatic carbocycles. The smallest absolute Gasteiger partial charge is 0.133 e. The van der Waals surface area contributed by atoms with Gasteiger partial charge in [0.15, 0.2) is 0 Å². The second-order valence-electron chi connectivity index (χ2n) is 5.19. The number of ether oxygens (including phenoxy) is 1. The summed E-state index contributed by atoms with van der Waals surface area (Å²) in [5.41, 5.74) is 7.74. The quantitative estimate of drug-likeness (QED) is 0.851. The minimum absolute atomic E-state index is 0.0632. The molecule has 0 spiro atoms. The molecule has 0 radical (unpaired) electrons. The highest BCUT2D eigenvalue weighted by Gasteiger charge is 2.13. The van der Waals surface area contributed by atoms with Gasteiger partial charge in [0.25, 0.3) is 0 Å². The lowest BCUT2D eigenvalue weighted by atomic mass is 10.0. The van der Waals surface area contributed by atoms with E-state index in [4.69, 9.17) is 10.5 Å². The molecule has 2 nitrogen and oxygen atoms in total. The van der Waals surface area contributed by atoms with E-state index in [1.165, 1.54) is 11.6 Å². The summed E-state index contributed by atoms with van der Waals surface area (Å²) in [6, 6.07) is 12.7. The summed E-state index contributed by atoms with van der Waals surface area (Å²) in [6.45, 7) is 4.10. The van der Waals surface area contributed by atoms with E-state index in [-0.39, 0.29) is 11.9 Å². The van der Waals surface area contributed by atoms with Crippen molar-refractivity contribution in [3.63, 3.8) is 0 Å². The van der Waals surface area contributed by atoms with Crippen LogP contribution in [0, 0.1) is 5.82 Å². The highest BCUT2D eigenvalue weighted by atomic mass is 19.1. The molecule has 0 amide bonds. The number of hydrogen-bond acceptors (Lipinski definition) is 2. The monoisotopic (exact) mass is 287 g/mol. The Morgan fingerprint density at radius 3 is 2.43 bits per heavy atom. The Morgan fingerprint density at radius 2 is 1.81 bits per heavy atom. The van der Waals surface area contributed by atoms with E-state index in [0.29, 0.717) is 23.5 Å². The van der Waals surface area contributed by atoms with Crippen molar-refractivity contribution in [2.75, 3.05) is 0 Å². The fourth-order valence-electron chi connectivity index (χ4n) is 2.16. The fourth-order valence-corrected chi connectivity index (χ4v) is 2.16. The number of hydrogen-bond donors (Lipinski definition) is 1. The van der Waals surface area contributed by atoms with Gasteiger partial charge in [-0.05, 0) is 49.1 Å². The Balaban J connectivity index is 2.23. The number of benzene rings is 2. The summed E-state index contributed by atoms with van der Waals surface area (Å²) < 4.78 is 19.9. The first kappa shape index (κ1) is 15.5. The van der Waals surface area contributed by atoms with Gasteiger partial charge in [0.05, 0.1) is 0 Å². The standard InChI is InChI=1S/C18H22FNO/c1-3-13-8-10-15(11-9-13)21-18-7-5-6-17(19)16(18)12-14(20)4-2/h5-11,14H,3-4,12,20H2,1-2H3. The molecular formula is C18H22FNO. The zero-order valence-electron chi connectivity index (χ0n) is 12.6. The molecule has 2 N–H and O–H groups in total. The van der Waals surface area contributed by atoms with Gasteiger partial charge in [-0.3, -0.25) is 0 Å². The van der Waals surface area contributed by atoms with Gasteiger partial charge in [-0.2, -0.15) is 0 Å². The molecular weight excluding hydrogens is 265 g/mol. The predicted octanol–water partition coefficient (Wildman–Crippen LogP) is 4.46. The highest BCUT2D eigenvalue weighted by molar-refractivity contribution is 5.40. The van der Waals surface area contributed by atoms with Crippen molar-refractivity contribution in [1.82, 2.24) is 0 Å². The Hall–Kier alpha value is -1.87. The lowest BCUT2D eigenvalue weighted by Gasteiger charge is -2.15. The van der Waals surface area contributed by atoms with Crippen LogP contribution in [0.2, 0.25) is 0 Å². The van der Waals surface area contributed by atoms with E-state index in [1.54, 1.807) is 12.1 Å². The third-order valence-corrected chi connectivity index (χ3v) is 3.63. The minimum atomic E-state index is -0.262. The first-order valence-corrected chi connectivity index (χ1v) is 7.43. The number of rotatable bonds is 6. The number of nitrogens with two attached hydrogens (primary N) is 1. The summed E-state index contributed by atoms with van der Waals surface area (Å²) in [6.07, 6.45) is 2.27. The third-order valence-electron chi connectivity index (χ3n) is 3.63. The Bertz CT molecular complexity index is 580. The van der Waals surface area contributed by atoms with E-state index in [1.807, 2.05) is 31.2 Å². The van der Waals surface area contributed by atoms with Crippen molar-refractivity contribution in [3.05, 3.63) is 59.4 Å². The van der Waals surface area contributed by atoms with Crippen molar-refractivity contribution in [3.8, 4) is 11.5 Å². The average molecular weight is 287 g/mol. The molecule has 21 heavy (non-hydrogen) atoms. The lowest BCUT2D eigenvalue weighted by molar-refractivity contribution is 0.461. The van der Waals surface area contributed by atoms with Crippen LogP contribution in [0.5, 0.6) is 11.5 Å². The average Bonchev–Trinajstić information content (AvgIpc) is 2.51. The zero-order chi connectivity index (χ0) is 15.2. The van der Waals surface area contributed by atoms with Crippen LogP contribution in [0.3, 0.4) is 0 Å². The molecule has 2 aromatic rings. The van der Waals surface area contributed by atoms with Crippen LogP contribution < -0.4 is 10.5 Å². The fraction of sp³-hybridized carbons (Fsp3) is 0.333. The zero-order valence-corrected chi connectivity index (χ0v) is 12.6. The van der Waals surface area contributed by atoms with Crippen molar-refractivity contribution in [2.24, 2.45) is 5.73 Å². The third kappa shape index (κ3) is 4.05. The Kier molecular flexibility index (Phi) is 5.34. The van der Waals surface area contributed by atoms with E-state index in [9.17, 15) is 4.39 Å². The molecule has 112 valence electrons. The lowest BCUT2D eigenvalue weighted by Crippen LogP contribution is -2.22. The summed E-state index contributed by atoms with van der Waals surface area (Å²) in [5, 5.41) is 0. The van der Waals surface area contributed by atoms with Gasteiger partial charge in [0.2, 0.25) is 0 Å². The second-order valence-corrected chi connectivity index (χ2v) is 5.19. The largest absolute Gasteiger partial charge is 0.457 e. The molecule has 1 unspecified atom stereocenters. The molecule has 0 fully saturated rings. The van der Waals surface area contributed by atoms with E-state index < -0.39 is 0 Å². The summed E-state index contributed by atoms with van der Waals surface area (Å²) in [5.74, 6) is 0.994. The van der Waals surface area contributed by atoms with Crippen LogP contribution in [-0.4, -0.2) is 6.04 Å². The minimum Gasteiger partial charge on any atom is -0.457 e. The van der Waals surface area contributed by atoms with Gasteiger partial charge in [-0.1, -0.05) is 32.0 Å². The molecule has 0 aromatic heterocycles. The van der Waals surface area contributed by atoms with Gasteiger partial charge in [0.1, 0.15) is 17.3 Å². The highest BCUT2D eigenvalue weighted by Crippen LogP contribution is 2.28. The first-order chi connectivity index (χ1) is 10.1. The molecule has 0 bridgehead atoms. The Labute approximate surface area is 125 Å². The maximum Gasteiger partial charge on any atom is 0.133 e.